The smallest absolute Gasteiger partial charge is 0.304 e. The Morgan fingerprint density at radius 3 is 2.14 bits per heavy atom. The van der Waals surface area contributed by atoms with Gasteiger partial charge in [-0.2, -0.15) is 12.7 Å². The van der Waals surface area contributed by atoms with Gasteiger partial charge < -0.3 is 10.2 Å². The highest BCUT2D eigenvalue weighted by Crippen LogP contribution is 2.21. The summed E-state index contributed by atoms with van der Waals surface area (Å²) in [4.78, 5) is 28.2. The second-order valence-corrected chi connectivity index (χ2v) is 11.2. The van der Waals surface area contributed by atoms with Crippen LogP contribution < -0.4 is 9.62 Å². The number of anilines is 1. The van der Waals surface area contributed by atoms with Crippen LogP contribution in [-0.4, -0.2) is 69.2 Å². The molecule has 2 aromatic carbocycles. The van der Waals surface area contributed by atoms with E-state index in [1.54, 1.807) is 0 Å². The van der Waals surface area contributed by atoms with E-state index in [9.17, 15) is 22.4 Å². The van der Waals surface area contributed by atoms with Gasteiger partial charge >= 0.3 is 10.2 Å². The van der Waals surface area contributed by atoms with Gasteiger partial charge in [-0.1, -0.05) is 51.1 Å². The number of halogens is 1. The highest BCUT2D eigenvalue weighted by molar-refractivity contribution is 7.90. The summed E-state index contributed by atoms with van der Waals surface area (Å²) in [7, 11) is -1.36. The molecule has 0 spiro atoms. The minimum absolute atomic E-state index is 0.152. The SMILES string of the molecule is CC[C@H](C(=O)NCC(C)C)N(CCc1ccccc1)C(=O)CN(c1ccc(F)cc1)S(=O)(=O)N(C)C. The number of carbonyl (C=O) groups excluding carboxylic acids is 2. The number of nitrogens with one attached hydrogen (secondary N) is 1. The first-order chi connectivity index (χ1) is 17.0. The van der Waals surface area contributed by atoms with Gasteiger partial charge in [0.05, 0.1) is 5.69 Å². The molecule has 1 N–H and O–H groups in total. The van der Waals surface area contributed by atoms with Crippen LogP contribution in [0.15, 0.2) is 54.6 Å². The van der Waals surface area contributed by atoms with E-state index in [2.05, 4.69) is 5.32 Å². The van der Waals surface area contributed by atoms with Gasteiger partial charge in [-0.05, 0) is 48.6 Å². The number of hydrogen-bond acceptors (Lipinski definition) is 4. The Morgan fingerprint density at radius 1 is 1.00 bits per heavy atom. The van der Waals surface area contributed by atoms with E-state index >= 15 is 0 Å². The number of amides is 2. The fourth-order valence-corrected chi connectivity index (χ4v) is 4.70. The normalized spacial score (nSPS) is 12.4. The van der Waals surface area contributed by atoms with Crippen molar-refractivity contribution < 1.29 is 22.4 Å². The Kier molecular flexibility index (Phi) is 10.9. The Bertz CT molecular complexity index is 1090. The largest absolute Gasteiger partial charge is 0.354 e. The van der Waals surface area contributed by atoms with Crippen LogP contribution >= 0.6 is 0 Å². The zero-order valence-electron chi connectivity index (χ0n) is 21.6. The Balaban J connectivity index is 2.40. The van der Waals surface area contributed by atoms with Crippen molar-refractivity contribution in [1.82, 2.24) is 14.5 Å². The number of hydrogen-bond donors (Lipinski definition) is 1. The van der Waals surface area contributed by atoms with Crippen LogP contribution in [-0.2, 0) is 26.2 Å². The molecule has 2 rings (SSSR count). The van der Waals surface area contributed by atoms with E-state index in [1.165, 1.54) is 31.1 Å². The van der Waals surface area contributed by atoms with E-state index < -0.39 is 34.5 Å². The molecular weight excluding hydrogens is 483 g/mol. The van der Waals surface area contributed by atoms with E-state index in [0.717, 1.165) is 26.3 Å². The lowest BCUT2D eigenvalue weighted by Gasteiger charge is -2.34. The quantitative estimate of drug-likeness (QED) is 0.440. The molecule has 198 valence electrons. The maximum absolute atomic E-state index is 13.7. The van der Waals surface area contributed by atoms with Gasteiger partial charge in [0.25, 0.3) is 0 Å². The zero-order valence-corrected chi connectivity index (χ0v) is 22.5. The third kappa shape index (κ3) is 8.03. The van der Waals surface area contributed by atoms with Crippen molar-refractivity contribution in [2.24, 2.45) is 5.92 Å². The Morgan fingerprint density at radius 2 is 1.61 bits per heavy atom. The standard InChI is InChI=1S/C26H37FN4O4S/c1-6-24(26(33)28-18-20(2)3)30(17-16-21-10-8-7-9-11-21)25(32)19-31(36(34,35)29(4)5)23-14-12-22(27)13-15-23/h7-15,20,24H,6,16-19H2,1-5H3,(H,28,33)/t24-/m1/s1. The number of benzene rings is 2. The molecule has 0 heterocycles. The number of rotatable bonds is 13. The van der Waals surface area contributed by atoms with E-state index in [1.807, 2.05) is 51.1 Å². The number of nitrogens with zero attached hydrogens (tertiary/aromatic N) is 3. The molecule has 10 heteroatoms. The predicted molar refractivity (Wildman–Crippen MR) is 140 cm³/mol. The second-order valence-electron chi connectivity index (χ2n) is 9.16. The van der Waals surface area contributed by atoms with Crippen LogP contribution in [0.4, 0.5) is 10.1 Å². The van der Waals surface area contributed by atoms with E-state index in [-0.39, 0.29) is 24.1 Å². The third-order valence-electron chi connectivity index (χ3n) is 5.69. The van der Waals surface area contributed by atoms with E-state index in [4.69, 9.17) is 0 Å². The van der Waals surface area contributed by atoms with Crippen molar-refractivity contribution in [3.8, 4) is 0 Å². The molecule has 1 atom stereocenters. The molecule has 0 saturated heterocycles. The zero-order chi connectivity index (χ0) is 26.9. The van der Waals surface area contributed by atoms with Crippen LogP contribution in [0.2, 0.25) is 0 Å². The molecule has 0 saturated carbocycles. The predicted octanol–water partition coefficient (Wildman–Crippen LogP) is 3.06. The second kappa shape index (κ2) is 13.4. The minimum atomic E-state index is -4.08. The molecule has 2 aromatic rings. The lowest BCUT2D eigenvalue weighted by Crippen LogP contribution is -2.54. The Hall–Kier alpha value is -2.98. The molecule has 0 radical (unpaired) electrons. The first-order valence-electron chi connectivity index (χ1n) is 12.0. The van der Waals surface area contributed by atoms with Gasteiger partial charge in [0.15, 0.2) is 0 Å². The fraction of sp³-hybridized carbons (Fsp3) is 0.462. The maximum atomic E-state index is 13.7. The highest BCUT2D eigenvalue weighted by Gasteiger charge is 2.33. The van der Waals surface area contributed by atoms with Crippen LogP contribution in [0, 0.1) is 11.7 Å². The average Bonchev–Trinajstić information content (AvgIpc) is 2.84. The summed E-state index contributed by atoms with van der Waals surface area (Å²) in [5.74, 6) is -1.09. The van der Waals surface area contributed by atoms with Crippen LogP contribution in [0.3, 0.4) is 0 Å². The summed E-state index contributed by atoms with van der Waals surface area (Å²) in [5, 5.41) is 2.89. The summed E-state index contributed by atoms with van der Waals surface area (Å²) in [6.07, 6.45) is 0.860. The summed E-state index contributed by atoms with van der Waals surface area (Å²) in [6.45, 7) is 5.94. The van der Waals surface area contributed by atoms with Gasteiger partial charge in [0, 0.05) is 27.2 Å². The summed E-state index contributed by atoms with van der Waals surface area (Å²) in [6, 6.07) is 13.7. The van der Waals surface area contributed by atoms with Crippen LogP contribution in [0.25, 0.3) is 0 Å². The molecule has 0 unspecified atom stereocenters. The minimum Gasteiger partial charge on any atom is -0.354 e. The molecule has 0 bridgehead atoms. The average molecular weight is 521 g/mol. The van der Waals surface area contributed by atoms with Crippen molar-refractivity contribution >= 4 is 27.7 Å². The van der Waals surface area contributed by atoms with Gasteiger partial charge in [0.1, 0.15) is 18.4 Å². The van der Waals surface area contributed by atoms with Crippen LogP contribution in [0.5, 0.6) is 0 Å². The van der Waals surface area contributed by atoms with Gasteiger partial charge in [-0.3, -0.25) is 9.59 Å². The summed E-state index contributed by atoms with van der Waals surface area (Å²) >= 11 is 0. The van der Waals surface area contributed by atoms with Crippen molar-refractivity contribution in [1.29, 1.82) is 0 Å². The van der Waals surface area contributed by atoms with E-state index in [0.29, 0.717) is 19.4 Å². The molecule has 36 heavy (non-hydrogen) atoms. The molecule has 0 aliphatic rings. The molecule has 0 fully saturated rings. The molecule has 8 nitrogen and oxygen atoms in total. The molecule has 0 aliphatic carbocycles. The van der Waals surface area contributed by atoms with Crippen LogP contribution in [0.1, 0.15) is 32.8 Å². The topological polar surface area (TPSA) is 90.0 Å². The maximum Gasteiger partial charge on any atom is 0.304 e. The summed E-state index contributed by atoms with van der Waals surface area (Å²) in [5.41, 5.74) is 1.14. The van der Waals surface area contributed by atoms with Crippen molar-refractivity contribution in [2.75, 3.05) is 38.0 Å². The van der Waals surface area contributed by atoms with Gasteiger partial charge in [0.2, 0.25) is 11.8 Å². The Labute approximate surface area is 214 Å². The molecule has 0 aliphatic heterocycles. The molecule has 0 aromatic heterocycles. The molecular formula is C26H37FN4O4S. The fourth-order valence-electron chi connectivity index (χ4n) is 3.64. The number of carbonyl (C=O) groups is 2. The first-order valence-corrected chi connectivity index (χ1v) is 13.4. The van der Waals surface area contributed by atoms with Gasteiger partial charge in [-0.25, -0.2) is 8.70 Å². The monoisotopic (exact) mass is 520 g/mol. The van der Waals surface area contributed by atoms with Crippen molar-refractivity contribution in [2.45, 2.75) is 39.7 Å². The summed E-state index contributed by atoms with van der Waals surface area (Å²) < 4.78 is 41.7. The van der Waals surface area contributed by atoms with Crippen molar-refractivity contribution in [3.05, 3.63) is 66.0 Å². The molecule has 2 amide bonds. The third-order valence-corrected chi connectivity index (χ3v) is 7.51. The lowest BCUT2D eigenvalue weighted by atomic mass is 10.1. The lowest BCUT2D eigenvalue weighted by molar-refractivity contribution is -0.139. The van der Waals surface area contributed by atoms with Crippen molar-refractivity contribution in [3.63, 3.8) is 0 Å². The van der Waals surface area contributed by atoms with Gasteiger partial charge in [-0.15, -0.1) is 0 Å². The highest BCUT2D eigenvalue weighted by atomic mass is 32.2. The first kappa shape index (κ1) is 29.3.